The van der Waals surface area contributed by atoms with Gasteiger partial charge in [0.25, 0.3) is 5.56 Å². The fourth-order valence-corrected chi connectivity index (χ4v) is 1.83. The van der Waals surface area contributed by atoms with Gasteiger partial charge in [-0.25, -0.2) is 4.98 Å². The van der Waals surface area contributed by atoms with Crippen LogP contribution in [0.2, 0.25) is 0 Å². The molecule has 5 nitrogen and oxygen atoms in total. The molecule has 0 amide bonds. The molecule has 0 saturated heterocycles. The van der Waals surface area contributed by atoms with E-state index in [4.69, 9.17) is 0 Å². The molecule has 0 atom stereocenters. The van der Waals surface area contributed by atoms with E-state index in [1.54, 1.807) is 5.38 Å². The summed E-state index contributed by atoms with van der Waals surface area (Å²) in [4.78, 5) is 21.8. The summed E-state index contributed by atoms with van der Waals surface area (Å²) in [5.41, 5.74) is 0.126. The number of aromatic nitrogens is 3. The fourth-order valence-electron chi connectivity index (χ4n) is 1.04. The van der Waals surface area contributed by atoms with Crippen molar-refractivity contribution in [3.8, 4) is 17.4 Å². The number of nitrogens with zero attached hydrogens (tertiary/aromatic N) is 2. The number of aromatic amines is 1. The first-order chi connectivity index (χ1) is 7.08. The van der Waals surface area contributed by atoms with Crippen molar-refractivity contribution in [2.24, 2.45) is 0 Å². The van der Waals surface area contributed by atoms with Crippen LogP contribution in [0.15, 0.2) is 14.6 Å². The van der Waals surface area contributed by atoms with Crippen LogP contribution in [0.25, 0.3) is 11.5 Å². The van der Waals surface area contributed by atoms with Crippen LogP contribution in [-0.4, -0.2) is 20.1 Å². The Morgan fingerprint density at radius 3 is 2.80 bits per heavy atom. The van der Waals surface area contributed by atoms with Gasteiger partial charge >= 0.3 is 0 Å². The van der Waals surface area contributed by atoms with E-state index >= 15 is 0 Å². The van der Waals surface area contributed by atoms with E-state index < -0.39 is 5.56 Å². The summed E-state index contributed by atoms with van der Waals surface area (Å²) in [5, 5.41) is 12.0. The van der Waals surface area contributed by atoms with Gasteiger partial charge in [0, 0.05) is 5.38 Å². The minimum Gasteiger partial charge on any atom is -0.492 e. The number of aryl methyl sites for hydroxylation is 1. The number of H-pyrrole nitrogens is 1. The van der Waals surface area contributed by atoms with Crippen molar-refractivity contribution in [1.82, 2.24) is 15.0 Å². The third-order valence-electron chi connectivity index (χ3n) is 1.71. The normalized spacial score (nSPS) is 10.5. The van der Waals surface area contributed by atoms with Gasteiger partial charge in [0.1, 0.15) is 10.2 Å². The van der Waals surface area contributed by atoms with Gasteiger partial charge in [-0.05, 0) is 22.9 Å². The molecule has 0 spiro atoms. The van der Waals surface area contributed by atoms with Gasteiger partial charge in [0.2, 0.25) is 5.88 Å². The largest absolute Gasteiger partial charge is 0.492 e. The molecule has 0 unspecified atom stereocenters. The molecular formula is C8H6BrN3O2S. The lowest BCUT2D eigenvalue weighted by Crippen LogP contribution is -2.09. The van der Waals surface area contributed by atoms with Crippen LogP contribution in [0.1, 0.15) is 5.01 Å². The summed E-state index contributed by atoms with van der Waals surface area (Å²) in [6.07, 6.45) is 0. The van der Waals surface area contributed by atoms with E-state index in [9.17, 15) is 9.90 Å². The molecule has 0 aliphatic rings. The second-order valence-electron chi connectivity index (χ2n) is 2.80. The van der Waals surface area contributed by atoms with Crippen molar-refractivity contribution < 1.29 is 5.11 Å². The molecule has 0 aliphatic heterocycles. The summed E-state index contributed by atoms with van der Waals surface area (Å²) in [6.45, 7) is 1.85. The number of aromatic hydroxyl groups is 1. The van der Waals surface area contributed by atoms with Gasteiger partial charge in [-0.3, -0.25) is 4.79 Å². The summed E-state index contributed by atoms with van der Waals surface area (Å²) < 4.78 is 0.0261. The highest BCUT2D eigenvalue weighted by molar-refractivity contribution is 9.10. The lowest BCUT2D eigenvalue weighted by Gasteiger charge is -1.98. The first-order valence-electron chi connectivity index (χ1n) is 3.99. The molecule has 7 heteroatoms. The highest BCUT2D eigenvalue weighted by Gasteiger charge is 2.10. The van der Waals surface area contributed by atoms with Crippen LogP contribution in [0, 0.1) is 6.92 Å². The summed E-state index contributed by atoms with van der Waals surface area (Å²) >= 11 is 4.37. The topological polar surface area (TPSA) is 78.9 Å². The van der Waals surface area contributed by atoms with Crippen LogP contribution in [-0.2, 0) is 0 Å². The average Bonchev–Trinajstić information content (AvgIpc) is 2.60. The Kier molecular flexibility index (Phi) is 2.57. The minimum absolute atomic E-state index is 0.0261. The van der Waals surface area contributed by atoms with Crippen molar-refractivity contribution in [2.75, 3.05) is 0 Å². The van der Waals surface area contributed by atoms with Crippen LogP contribution >= 0.6 is 27.3 Å². The molecule has 2 heterocycles. The number of thiazole rings is 1. The molecule has 0 bridgehead atoms. The van der Waals surface area contributed by atoms with E-state index in [1.807, 2.05) is 6.92 Å². The van der Waals surface area contributed by atoms with E-state index in [2.05, 4.69) is 30.9 Å². The number of rotatable bonds is 1. The minimum atomic E-state index is -0.428. The third kappa shape index (κ3) is 1.93. The predicted molar refractivity (Wildman–Crippen MR) is 60.1 cm³/mol. The Morgan fingerprint density at radius 1 is 1.53 bits per heavy atom. The first-order valence-corrected chi connectivity index (χ1v) is 5.66. The maximum absolute atomic E-state index is 11.3. The molecule has 0 aliphatic carbocycles. The van der Waals surface area contributed by atoms with Gasteiger partial charge in [0.15, 0.2) is 5.82 Å². The number of hydrogen-bond donors (Lipinski definition) is 2. The van der Waals surface area contributed by atoms with Gasteiger partial charge in [0.05, 0.1) is 5.01 Å². The molecule has 2 N–H and O–H groups in total. The summed E-state index contributed by atoms with van der Waals surface area (Å²) in [6, 6.07) is 0. The Morgan fingerprint density at radius 2 is 2.27 bits per heavy atom. The lowest BCUT2D eigenvalue weighted by molar-refractivity contribution is 0.448. The maximum Gasteiger partial charge on any atom is 0.269 e. The monoisotopic (exact) mass is 287 g/mol. The second-order valence-corrected chi connectivity index (χ2v) is 4.66. The van der Waals surface area contributed by atoms with Crippen LogP contribution in [0.3, 0.4) is 0 Å². The van der Waals surface area contributed by atoms with E-state index in [0.29, 0.717) is 5.69 Å². The van der Waals surface area contributed by atoms with Crippen molar-refractivity contribution >= 4 is 27.3 Å². The standard InChI is InChI=1S/C8H6BrN3O2S/c1-3-10-4(2-15-3)6-11-7(13)5(9)8(14)12-6/h2H,1H3,(H2,11,12,13,14). The third-order valence-corrected chi connectivity index (χ3v) is 3.20. The molecule has 2 rings (SSSR count). The molecule has 0 fully saturated rings. The number of hydrogen-bond acceptors (Lipinski definition) is 5. The Bertz CT molecular complexity index is 563. The molecular weight excluding hydrogens is 282 g/mol. The molecule has 15 heavy (non-hydrogen) atoms. The highest BCUT2D eigenvalue weighted by Crippen LogP contribution is 2.21. The zero-order chi connectivity index (χ0) is 11.0. The van der Waals surface area contributed by atoms with Crippen molar-refractivity contribution in [3.63, 3.8) is 0 Å². The van der Waals surface area contributed by atoms with E-state index in [-0.39, 0.29) is 16.2 Å². The molecule has 2 aromatic heterocycles. The van der Waals surface area contributed by atoms with Gasteiger partial charge in [-0.2, -0.15) is 4.98 Å². The zero-order valence-corrected chi connectivity index (χ0v) is 10.0. The lowest BCUT2D eigenvalue weighted by atomic mass is 10.4. The van der Waals surface area contributed by atoms with Gasteiger partial charge < -0.3 is 10.1 Å². The predicted octanol–water partition coefficient (Wildman–Crippen LogP) is 1.67. The molecule has 0 saturated carbocycles. The molecule has 0 aromatic carbocycles. The SMILES string of the molecule is Cc1nc(-c2nc(O)c(Br)c(=O)[nH]2)cs1. The summed E-state index contributed by atoms with van der Waals surface area (Å²) in [7, 11) is 0. The number of nitrogens with one attached hydrogen (secondary N) is 1. The quantitative estimate of drug-likeness (QED) is 0.836. The van der Waals surface area contributed by atoms with Crippen LogP contribution < -0.4 is 5.56 Å². The van der Waals surface area contributed by atoms with Crippen LogP contribution in [0.4, 0.5) is 0 Å². The zero-order valence-electron chi connectivity index (χ0n) is 7.61. The number of halogens is 1. The Labute approximate surface area is 97.0 Å². The molecule has 0 radical (unpaired) electrons. The van der Waals surface area contributed by atoms with Crippen molar-refractivity contribution in [2.45, 2.75) is 6.92 Å². The maximum atomic E-state index is 11.3. The van der Waals surface area contributed by atoms with Crippen LogP contribution in [0.5, 0.6) is 5.88 Å². The molecule has 78 valence electrons. The van der Waals surface area contributed by atoms with Crippen molar-refractivity contribution in [3.05, 3.63) is 25.2 Å². The van der Waals surface area contributed by atoms with Gasteiger partial charge in [-0.15, -0.1) is 11.3 Å². The Balaban J connectivity index is 2.60. The van der Waals surface area contributed by atoms with E-state index in [0.717, 1.165) is 5.01 Å². The summed E-state index contributed by atoms with van der Waals surface area (Å²) in [5.74, 6) is -0.0653. The fraction of sp³-hybridized carbons (Fsp3) is 0.125. The Hall–Kier alpha value is -1.21. The molecule has 2 aromatic rings. The second kappa shape index (κ2) is 3.74. The van der Waals surface area contributed by atoms with E-state index in [1.165, 1.54) is 11.3 Å². The smallest absolute Gasteiger partial charge is 0.269 e. The van der Waals surface area contributed by atoms with Gasteiger partial charge in [-0.1, -0.05) is 0 Å². The average molecular weight is 288 g/mol. The van der Waals surface area contributed by atoms with Crippen molar-refractivity contribution in [1.29, 1.82) is 0 Å². The first kappa shape index (κ1) is 10.3. The highest BCUT2D eigenvalue weighted by atomic mass is 79.9.